The molecule has 2 fully saturated rings. The Morgan fingerprint density at radius 2 is 2.09 bits per heavy atom. The van der Waals surface area contributed by atoms with Gasteiger partial charge in [0.2, 0.25) is 0 Å². The third-order valence-corrected chi connectivity index (χ3v) is 6.80. The summed E-state index contributed by atoms with van der Waals surface area (Å²) < 4.78 is 19.7. The van der Waals surface area contributed by atoms with Crippen LogP contribution in [-0.2, 0) is 32.1 Å². The molecule has 2 aromatic rings. The molecule has 1 saturated carbocycles. The Labute approximate surface area is 214 Å². The number of carbonyl (C=O) groups is 2. The van der Waals surface area contributed by atoms with E-state index in [4.69, 9.17) is 14.2 Å². The van der Waals surface area contributed by atoms with E-state index in [1.54, 1.807) is 18.2 Å². The highest BCUT2D eigenvalue weighted by molar-refractivity contribution is 9.10. The third-order valence-electron chi connectivity index (χ3n) is 6.14. The Bertz CT molecular complexity index is 1060. The van der Waals surface area contributed by atoms with Gasteiger partial charge in [-0.1, -0.05) is 0 Å². The van der Waals surface area contributed by atoms with Crippen LogP contribution < -0.4 is 0 Å². The van der Waals surface area contributed by atoms with Crippen molar-refractivity contribution in [2.75, 3.05) is 33.4 Å². The maximum Gasteiger partial charge on any atom is 0.410 e. The van der Waals surface area contributed by atoms with Gasteiger partial charge < -0.3 is 28.6 Å². The van der Waals surface area contributed by atoms with Gasteiger partial charge in [-0.2, -0.15) is 0 Å². The molecule has 1 saturated heterocycles. The molecule has 0 aromatic carbocycles. The number of carbonyl (C=O) groups excluding carboxylic acids is 2. The van der Waals surface area contributed by atoms with E-state index in [2.05, 4.69) is 31.7 Å². The number of nitrogens with zero attached hydrogens (tertiary/aromatic N) is 4. The Morgan fingerprint density at radius 3 is 2.77 bits per heavy atom. The van der Waals surface area contributed by atoms with Crippen LogP contribution in [0.2, 0.25) is 0 Å². The Balaban J connectivity index is 1.53. The molecular formula is C25H35BrN4O5. The van der Waals surface area contributed by atoms with Crippen molar-refractivity contribution in [3.8, 4) is 0 Å². The number of hydrogen-bond donors (Lipinski definition) is 0. The second-order valence-corrected chi connectivity index (χ2v) is 11.0. The van der Waals surface area contributed by atoms with E-state index in [9.17, 15) is 9.59 Å². The van der Waals surface area contributed by atoms with Crippen LogP contribution in [0.1, 0.15) is 45.6 Å². The van der Waals surface area contributed by atoms with Crippen LogP contribution in [0.3, 0.4) is 0 Å². The topological polar surface area (TPSA) is 86.1 Å². The van der Waals surface area contributed by atoms with Gasteiger partial charge in [0.05, 0.1) is 13.2 Å². The number of rotatable bonds is 8. The number of methoxy groups -OCH3 is 1. The summed E-state index contributed by atoms with van der Waals surface area (Å²) in [7, 11) is 1.70. The lowest BCUT2D eigenvalue weighted by molar-refractivity contribution is -0.150. The largest absolute Gasteiger partial charge is 0.444 e. The van der Waals surface area contributed by atoms with E-state index in [-0.39, 0.29) is 18.5 Å². The number of morpholine rings is 1. The summed E-state index contributed by atoms with van der Waals surface area (Å²) >= 11 is 3.68. The standard InChI is InChI=1S/C25H35BrN4O5/c1-25(2,3)35-24(32)29-11-13-34-20(16-29)23(31)30(18-6-7-18)15-17-14-28(10-5-12-33-4)22-21(17)19(26)8-9-27-22/h8-9,14,18,20H,5-7,10-13,15-16H2,1-4H3/t20-/m1/s1. The minimum atomic E-state index is -0.700. The average molecular weight is 551 g/mol. The van der Waals surface area contributed by atoms with Crippen molar-refractivity contribution in [1.82, 2.24) is 19.4 Å². The monoisotopic (exact) mass is 550 g/mol. The van der Waals surface area contributed by atoms with E-state index >= 15 is 0 Å². The molecule has 1 atom stereocenters. The van der Waals surface area contributed by atoms with Gasteiger partial charge in [0.25, 0.3) is 5.91 Å². The summed E-state index contributed by atoms with van der Waals surface area (Å²) in [4.78, 5) is 34.3. The summed E-state index contributed by atoms with van der Waals surface area (Å²) in [5.74, 6) is -0.0824. The molecule has 0 bridgehead atoms. The number of aryl methyl sites for hydroxylation is 1. The fourth-order valence-corrected chi connectivity index (χ4v) is 4.91. The lowest BCUT2D eigenvalue weighted by atomic mass is 10.1. The van der Waals surface area contributed by atoms with Gasteiger partial charge in [-0.05, 0) is 67.6 Å². The van der Waals surface area contributed by atoms with E-state index in [0.29, 0.717) is 26.3 Å². The van der Waals surface area contributed by atoms with Crippen molar-refractivity contribution in [2.24, 2.45) is 0 Å². The van der Waals surface area contributed by atoms with Crippen molar-refractivity contribution in [3.05, 3.63) is 28.5 Å². The highest BCUT2D eigenvalue weighted by Gasteiger charge is 2.40. The van der Waals surface area contributed by atoms with Crippen molar-refractivity contribution in [2.45, 2.75) is 70.9 Å². The predicted molar refractivity (Wildman–Crippen MR) is 135 cm³/mol. The Morgan fingerprint density at radius 1 is 1.31 bits per heavy atom. The van der Waals surface area contributed by atoms with Gasteiger partial charge >= 0.3 is 6.09 Å². The minimum absolute atomic E-state index is 0.0824. The van der Waals surface area contributed by atoms with Crippen LogP contribution in [0.4, 0.5) is 4.79 Å². The molecule has 10 heteroatoms. The highest BCUT2D eigenvalue weighted by atomic mass is 79.9. The first-order valence-corrected chi connectivity index (χ1v) is 13.0. The summed E-state index contributed by atoms with van der Waals surface area (Å²) in [5.41, 5.74) is 1.34. The molecule has 0 N–H and O–H groups in total. The van der Waals surface area contributed by atoms with Crippen LogP contribution in [0.15, 0.2) is 22.9 Å². The van der Waals surface area contributed by atoms with E-state index in [1.165, 1.54) is 0 Å². The molecule has 2 aromatic heterocycles. The summed E-state index contributed by atoms with van der Waals surface area (Å²) in [6, 6.07) is 2.11. The zero-order valence-corrected chi connectivity index (χ0v) is 22.5. The summed E-state index contributed by atoms with van der Waals surface area (Å²) in [5, 5.41) is 1.02. The van der Waals surface area contributed by atoms with Crippen LogP contribution >= 0.6 is 15.9 Å². The third kappa shape index (κ3) is 6.34. The molecule has 9 nitrogen and oxygen atoms in total. The van der Waals surface area contributed by atoms with Gasteiger partial charge in [0, 0.05) is 61.6 Å². The molecule has 0 radical (unpaired) electrons. The zero-order chi connectivity index (χ0) is 25.2. The van der Waals surface area contributed by atoms with E-state index in [0.717, 1.165) is 46.9 Å². The maximum absolute atomic E-state index is 13.6. The second kappa shape index (κ2) is 10.8. The molecule has 3 heterocycles. The fraction of sp³-hybridized carbons (Fsp3) is 0.640. The fourth-order valence-electron chi connectivity index (χ4n) is 4.36. The number of aromatic nitrogens is 2. The molecule has 2 aliphatic rings. The van der Waals surface area contributed by atoms with Crippen molar-refractivity contribution in [3.63, 3.8) is 0 Å². The number of fused-ring (bicyclic) bond motifs is 1. The van der Waals surface area contributed by atoms with E-state index in [1.807, 2.05) is 31.7 Å². The van der Waals surface area contributed by atoms with Gasteiger partial charge in [-0.3, -0.25) is 4.79 Å². The average Bonchev–Trinajstić information content (AvgIpc) is 3.59. The molecular weight excluding hydrogens is 516 g/mol. The van der Waals surface area contributed by atoms with Crippen LogP contribution in [0.25, 0.3) is 11.0 Å². The SMILES string of the molecule is COCCCn1cc(CN(C(=O)[C@H]2CN(C(=O)OC(C)(C)C)CCO2)C2CC2)c2c(Br)ccnc21. The smallest absolute Gasteiger partial charge is 0.410 e. The first kappa shape index (κ1) is 25.9. The molecule has 4 rings (SSSR count). The molecule has 35 heavy (non-hydrogen) atoms. The van der Waals surface area contributed by atoms with Crippen LogP contribution in [0, 0.1) is 0 Å². The van der Waals surface area contributed by atoms with Gasteiger partial charge in [-0.15, -0.1) is 0 Å². The van der Waals surface area contributed by atoms with Crippen LogP contribution in [0.5, 0.6) is 0 Å². The van der Waals surface area contributed by atoms with Gasteiger partial charge in [0.15, 0.2) is 6.10 Å². The Hall–Kier alpha value is -2.17. The van der Waals surface area contributed by atoms with Gasteiger partial charge in [0.1, 0.15) is 11.2 Å². The number of pyridine rings is 1. The van der Waals surface area contributed by atoms with E-state index < -0.39 is 17.8 Å². The molecule has 1 aliphatic carbocycles. The van der Waals surface area contributed by atoms with Gasteiger partial charge in [-0.25, -0.2) is 9.78 Å². The normalized spacial score (nSPS) is 18.7. The lowest BCUT2D eigenvalue weighted by Gasteiger charge is -2.35. The Kier molecular flexibility index (Phi) is 8.02. The number of halogens is 1. The van der Waals surface area contributed by atoms with Crippen molar-refractivity contribution < 1.29 is 23.8 Å². The molecule has 1 aliphatic heterocycles. The lowest BCUT2D eigenvalue weighted by Crippen LogP contribution is -2.53. The maximum atomic E-state index is 13.6. The molecule has 0 spiro atoms. The quantitative estimate of drug-likeness (QED) is 0.462. The molecule has 192 valence electrons. The molecule has 2 amide bonds. The number of hydrogen-bond acceptors (Lipinski definition) is 6. The first-order valence-electron chi connectivity index (χ1n) is 12.2. The molecule has 0 unspecified atom stereocenters. The zero-order valence-electron chi connectivity index (χ0n) is 21.0. The van der Waals surface area contributed by atoms with Crippen LogP contribution in [-0.4, -0.2) is 82.5 Å². The number of ether oxygens (including phenoxy) is 3. The second-order valence-electron chi connectivity index (χ2n) is 10.2. The highest BCUT2D eigenvalue weighted by Crippen LogP contribution is 2.34. The number of amides is 2. The summed E-state index contributed by atoms with van der Waals surface area (Å²) in [6.45, 7) is 8.34. The predicted octanol–water partition coefficient (Wildman–Crippen LogP) is 3.96. The first-order chi connectivity index (χ1) is 16.7. The summed E-state index contributed by atoms with van der Waals surface area (Å²) in [6.07, 6.45) is 5.58. The van der Waals surface area contributed by atoms with Crippen molar-refractivity contribution >= 4 is 39.0 Å². The van der Waals surface area contributed by atoms with Crippen molar-refractivity contribution in [1.29, 1.82) is 0 Å². The minimum Gasteiger partial charge on any atom is -0.444 e.